The number of amides is 1. The molecule has 5 heteroatoms. The first-order valence-electron chi connectivity index (χ1n) is 4.03. The lowest BCUT2D eigenvalue weighted by Crippen LogP contribution is -2.48. The number of aliphatic hydroxyl groups excluding tert-OH is 1. The molecule has 0 aliphatic heterocycles. The van der Waals surface area contributed by atoms with E-state index in [2.05, 4.69) is 0 Å². The van der Waals surface area contributed by atoms with Crippen molar-refractivity contribution in [2.24, 2.45) is 0 Å². The molecule has 0 aromatic carbocycles. The van der Waals surface area contributed by atoms with Gasteiger partial charge in [0, 0.05) is 5.54 Å². The molecule has 0 aliphatic carbocycles. The van der Waals surface area contributed by atoms with Crippen molar-refractivity contribution in [3.8, 4) is 0 Å². The number of rotatable bonds is 3. The second-order valence-corrected chi connectivity index (χ2v) is 4.18. The van der Waals surface area contributed by atoms with Crippen molar-refractivity contribution in [1.29, 1.82) is 0 Å². The lowest BCUT2D eigenvalue weighted by molar-refractivity contribution is 0.0632. The van der Waals surface area contributed by atoms with Gasteiger partial charge in [0.2, 0.25) is 0 Å². The van der Waals surface area contributed by atoms with Gasteiger partial charge in [-0.1, -0.05) is 0 Å². The molecule has 1 atom stereocenters. The maximum Gasteiger partial charge on any atom is 0.407 e. The predicted molar refractivity (Wildman–Crippen MR) is 51.2 cm³/mol. The van der Waals surface area contributed by atoms with Gasteiger partial charge >= 0.3 is 6.09 Å². The van der Waals surface area contributed by atoms with Crippen LogP contribution in [0.3, 0.4) is 0 Å². The quantitative estimate of drug-likeness (QED) is 0.691. The molecule has 0 spiro atoms. The maximum atomic E-state index is 10.8. The minimum Gasteiger partial charge on any atom is -0.465 e. The number of aliphatic hydroxyl groups is 1. The Balaban J connectivity index is 4.37. The number of halogens is 1. The SMILES string of the molecule is CC(C)(C)N(C[C@H](O)CCl)C(=O)O. The molecule has 0 fully saturated rings. The van der Waals surface area contributed by atoms with Crippen molar-refractivity contribution in [1.82, 2.24) is 4.90 Å². The molecule has 0 aromatic rings. The summed E-state index contributed by atoms with van der Waals surface area (Å²) >= 11 is 5.38. The zero-order chi connectivity index (χ0) is 10.6. The molecule has 0 saturated carbocycles. The van der Waals surface area contributed by atoms with Crippen molar-refractivity contribution < 1.29 is 15.0 Å². The molecule has 0 heterocycles. The van der Waals surface area contributed by atoms with Crippen LogP contribution in [0.5, 0.6) is 0 Å². The molecule has 0 aromatic heterocycles. The van der Waals surface area contributed by atoms with Crippen molar-refractivity contribution >= 4 is 17.7 Å². The highest BCUT2D eigenvalue weighted by atomic mass is 35.5. The van der Waals surface area contributed by atoms with E-state index in [1.807, 2.05) is 0 Å². The molecule has 1 amide bonds. The van der Waals surface area contributed by atoms with E-state index in [9.17, 15) is 9.90 Å². The van der Waals surface area contributed by atoms with Crippen LogP contribution in [0.4, 0.5) is 4.79 Å². The second-order valence-electron chi connectivity index (χ2n) is 3.87. The Kier molecular flexibility index (Phi) is 4.50. The Hall–Kier alpha value is -0.480. The Labute approximate surface area is 83.1 Å². The van der Waals surface area contributed by atoms with Crippen LogP contribution in [0.15, 0.2) is 0 Å². The van der Waals surface area contributed by atoms with Gasteiger partial charge in [-0.05, 0) is 20.8 Å². The topological polar surface area (TPSA) is 60.8 Å². The van der Waals surface area contributed by atoms with E-state index < -0.39 is 17.7 Å². The second kappa shape index (κ2) is 4.67. The van der Waals surface area contributed by atoms with Crippen LogP contribution in [-0.2, 0) is 0 Å². The van der Waals surface area contributed by atoms with Gasteiger partial charge in [-0.15, -0.1) is 11.6 Å². The van der Waals surface area contributed by atoms with E-state index in [0.29, 0.717) is 0 Å². The summed E-state index contributed by atoms with van der Waals surface area (Å²) in [6.07, 6.45) is -1.85. The molecular weight excluding hydrogens is 194 g/mol. The first-order chi connectivity index (χ1) is 5.79. The third-order valence-electron chi connectivity index (χ3n) is 1.61. The monoisotopic (exact) mass is 209 g/mol. The summed E-state index contributed by atoms with van der Waals surface area (Å²) in [6, 6.07) is 0. The lowest BCUT2D eigenvalue weighted by Gasteiger charge is -2.34. The highest BCUT2D eigenvalue weighted by molar-refractivity contribution is 6.18. The normalized spacial score (nSPS) is 13.9. The Morgan fingerprint density at radius 2 is 2.00 bits per heavy atom. The smallest absolute Gasteiger partial charge is 0.407 e. The van der Waals surface area contributed by atoms with Gasteiger partial charge in [0.25, 0.3) is 0 Å². The van der Waals surface area contributed by atoms with E-state index in [-0.39, 0.29) is 12.4 Å². The van der Waals surface area contributed by atoms with Gasteiger partial charge < -0.3 is 15.1 Å². The van der Waals surface area contributed by atoms with Crippen molar-refractivity contribution in [3.63, 3.8) is 0 Å². The van der Waals surface area contributed by atoms with E-state index in [1.54, 1.807) is 20.8 Å². The van der Waals surface area contributed by atoms with Gasteiger partial charge in [0.1, 0.15) is 0 Å². The number of hydrogen-bond acceptors (Lipinski definition) is 2. The van der Waals surface area contributed by atoms with Crippen LogP contribution < -0.4 is 0 Å². The van der Waals surface area contributed by atoms with Crippen LogP contribution in [0.2, 0.25) is 0 Å². The molecule has 0 bridgehead atoms. The molecule has 0 unspecified atom stereocenters. The van der Waals surface area contributed by atoms with Gasteiger partial charge in [0.15, 0.2) is 0 Å². The predicted octanol–water partition coefficient (Wildman–Crippen LogP) is 1.36. The first-order valence-corrected chi connectivity index (χ1v) is 4.57. The molecule has 0 saturated heterocycles. The molecule has 0 radical (unpaired) electrons. The Bertz CT molecular complexity index is 179. The van der Waals surface area contributed by atoms with Crippen LogP contribution in [-0.4, -0.2) is 45.3 Å². The van der Waals surface area contributed by atoms with Crippen molar-refractivity contribution in [2.75, 3.05) is 12.4 Å². The standard InChI is InChI=1S/C8H16ClNO3/c1-8(2,3)10(7(12)13)5-6(11)4-9/h6,11H,4-5H2,1-3H3,(H,12,13)/t6-/m1/s1. The summed E-state index contributed by atoms with van der Waals surface area (Å²) < 4.78 is 0. The number of carboxylic acid groups (broad SMARTS) is 1. The Morgan fingerprint density at radius 3 is 2.23 bits per heavy atom. The minimum absolute atomic E-state index is 0.0415. The number of alkyl halides is 1. The van der Waals surface area contributed by atoms with Crippen LogP contribution in [0.25, 0.3) is 0 Å². The molecule has 78 valence electrons. The fourth-order valence-electron chi connectivity index (χ4n) is 0.898. The van der Waals surface area contributed by atoms with Crippen LogP contribution in [0.1, 0.15) is 20.8 Å². The van der Waals surface area contributed by atoms with E-state index in [1.165, 1.54) is 4.90 Å². The van der Waals surface area contributed by atoms with Gasteiger partial charge in [-0.25, -0.2) is 4.79 Å². The maximum absolute atomic E-state index is 10.8. The van der Waals surface area contributed by atoms with Gasteiger partial charge in [-0.2, -0.15) is 0 Å². The zero-order valence-electron chi connectivity index (χ0n) is 8.12. The fourth-order valence-corrected chi connectivity index (χ4v) is 0.996. The largest absolute Gasteiger partial charge is 0.465 e. The van der Waals surface area contributed by atoms with E-state index >= 15 is 0 Å². The molecule has 4 nitrogen and oxygen atoms in total. The third kappa shape index (κ3) is 4.33. The zero-order valence-corrected chi connectivity index (χ0v) is 8.88. The number of nitrogens with zero attached hydrogens (tertiary/aromatic N) is 1. The molecular formula is C8H16ClNO3. The van der Waals surface area contributed by atoms with Crippen molar-refractivity contribution in [2.45, 2.75) is 32.4 Å². The van der Waals surface area contributed by atoms with E-state index in [4.69, 9.17) is 16.7 Å². The molecule has 0 aliphatic rings. The van der Waals surface area contributed by atoms with E-state index in [0.717, 1.165) is 0 Å². The average molecular weight is 210 g/mol. The molecule has 0 rings (SSSR count). The minimum atomic E-state index is -1.04. The highest BCUT2D eigenvalue weighted by Crippen LogP contribution is 2.14. The summed E-state index contributed by atoms with van der Waals surface area (Å²) in [7, 11) is 0. The summed E-state index contributed by atoms with van der Waals surface area (Å²) in [5, 5.41) is 18.0. The summed E-state index contributed by atoms with van der Waals surface area (Å²) in [5.74, 6) is 0.0415. The third-order valence-corrected chi connectivity index (χ3v) is 1.97. The fraction of sp³-hybridized carbons (Fsp3) is 0.875. The first kappa shape index (κ1) is 12.5. The average Bonchev–Trinajstić information content (AvgIpc) is 1.96. The summed E-state index contributed by atoms with van der Waals surface area (Å²) in [6.45, 7) is 5.34. The van der Waals surface area contributed by atoms with Crippen LogP contribution >= 0.6 is 11.6 Å². The number of carbonyl (C=O) groups is 1. The Morgan fingerprint density at radius 1 is 1.54 bits per heavy atom. The number of hydrogen-bond donors (Lipinski definition) is 2. The van der Waals surface area contributed by atoms with Gasteiger partial charge in [0.05, 0.1) is 18.5 Å². The van der Waals surface area contributed by atoms with Gasteiger partial charge in [-0.3, -0.25) is 0 Å². The molecule has 13 heavy (non-hydrogen) atoms. The molecule has 2 N–H and O–H groups in total. The lowest BCUT2D eigenvalue weighted by atomic mass is 10.1. The summed E-state index contributed by atoms with van der Waals surface area (Å²) in [5.41, 5.74) is -0.515. The highest BCUT2D eigenvalue weighted by Gasteiger charge is 2.27. The van der Waals surface area contributed by atoms with Crippen LogP contribution in [0, 0.1) is 0 Å². The van der Waals surface area contributed by atoms with Crippen molar-refractivity contribution in [3.05, 3.63) is 0 Å². The summed E-state index contributed by atoms with van der Waals surface area (Å²) in [4.78, 5) is 11.9. The number of β-amino-alcohol motifs (C(OH)–C–C–N with tert-alkyl or cyclic N) is 1.